The molecule has 0 bridgehead atoms. The molecule has 0 atom stereocenters. The summed E-state index contributed by atoms with van der Waals surface area (Å²) in [5.41, 5.74) is 3.98. The van der Waals surface area contributed by atoms with E-state index < -0.39 is 7.92 Å². The van der Waals surface area contributed by atoms with E-state index in [2.05, 4.69) is 54.6 Å². The van der Waals surface area contributed by atoms with Crippen molar-refractivity contribution in [3.8, 4) is 17.2 Å². The van der Waals surface area contributed by atoms with Gasteiger partial charge in [0.25, 0.3) is 0 Å². The summed E-state index contributed by atoms with van der Waals surface area (Å²) in [5, 5.41) is 3.87. The second-order valence-corrected chi connectivity index (χ2v) is 10.6. The summed E-state index contributed by atoms with van der Waals surface area (Å²) in [6, 6.07) is 20.1. The fourth-order valence-electron chi connectivity index (χ4n) is 5.03. The van der Waals surface area contributed by atoms with Crippen LogP contribution in [0.3, 0.4) is 0 Å². The fourth-order valence-corrected chi connectivity index (χ4v) is 7.75. The van der Waals surface area contributed by atoms with Gasteiger partial charge in [0, 0.05) is 15.9 Å². The molecule has 0 saturated carbocycles. The second-order valence-electron chi connectivity index (χ2n) is 8.49. The molecule has 0 saturated heterocycles. The third kappa shape index (κ3) is 3.40. The molecule has 3 heterocycles. The van der Waals surface area contributed by atoms with Crippen LogP contribution in [-0.4, -0.2) is 19.8 Å². The lowest BCUT2D eigenvalue weighted by Crippen LogP contribution is -2.29. The van der Waals surface area contributed by atoms with Crippen LogP contribution in [-0.2, 0) is 19.3 Å². The van der Waals surface area contributed by atoms with Gasteiger partial charge >= 0.3 is 0 Å². The van der Waals surface area contributed by atoms with Crippen LogP contribution in [0.2, 0.25) is 0 Å². The van der Waals surface area contributed by atoms with E-state index in [1.54, 1.807) is 0 Å². The Hall–Kier alpha value is -2.51. The third-order valence-electron chi connectivity index (χ3n) is 6.46. The highest BCUT2D eigenvalue weighted by atomic mass is 31.1. The maximum atomic E-state index is 6.30. The van der Waals surface area contributed by atoms with Gasteiger partial charge in [0.2, 0.25) is 0 Å². The summed E-state index contributed by atoms with van der Waals surface area (Å²) in [4.78, 5) is 0. The molecule has 0 radical (unpaired) electrons. The van der Waals surface area contributed by atoms with Gasteiger partial charge in [-0.15, -0.1) is 0 Å². The molecule has 3 aliphatic heterocycles. The Balaban J connectivity index is 1.61. The first-order valence-corrected chi connectivity index (χ1v) is 12.8. The van der Waals surface area contributed by atoms with Gasteiger partial charge in [-0.2, -0.15) is 0 Å². The van der Waals surface area contributed by atoms with Gasteiger partial charge < -0.3 is 14.2 Å². The van der Waals surface area contributed by atoms with Gasteiger partial charge in [-0.25, -0.2) is 0 Å². The monoisotopic (exact) mass is 430 g/mol. The van der Waals surface area contributed by atoms with Crippen molar-refractivity contribution < 1.29 is 14.2 Å². The number of aryl methyl sites for hydroxylation is 3. The van der Waals surface area contributed by atoms with E-state index >= 15 is 0 Å². The lowest BCUT2D eigenvalue weighted by atomic mass is 10.1. The minimum atomic E-state index is -0.865. The van der Waals surface area contributed by atoms with Gasteiger partial charge in [-0.1, -0.05) is 54.6 Å². The van der Waals surface area contributed by atoms with Gasteiger partial charge in [-0.05, 0) is 63.1 Å². The molecule has 0 aromatic heterocycles. The maximum Gasteiger partial charge on any atom is 0.130 e. The molecule has 4 heteroatoms. The topological polar surface area (TPSA) is 27.7 Å². The fraction of sp³-hybridized carbons (Fsp3) is 0.333. The molecule has 0 fully saturated rings. The first-order chi connectivity index (χ1) is 15.4. The van der Waals surface area contributed by atoms with Gasteiger partial charge in [-0.3, -0.25) is 0 Å². The first kappa shape index (κ1) is 19.2. The Morgan fingerprint density at radius 1 is 0.484 bits per heavy atom. The van der Waals surface area contributed by atoms with Gasteiger partial charge in [0.1, 0.15) is 17.2 Å². The van der Waals surface area contributed by atoms with Crippen molar-refractivity contribution in [1.82, 2.24) is 0 Å². The zero-order valence-electron chi connectivity index (χ0n) is 17.7. The molecule has 31 heavy (non-hydrogen) atoms. The molecule has 3 aromatic rings. The quantitative estimate of drug-likeness (QED) is 0.576. The molecule has 3 aliphatic rings. The Morgan fingerprint density at radius 2 is 0.839 bits per heavy atom. The smallest absolute Gasteiger partial charge is 0.130 e. The largest absolute Gasteiger partial charge is 0.493 e. The molecule has 158 valence electrons. The van der Waals surface area contributed by atoms with E-state index in [4.69, 9.17) is 14.2 Å². The van der Waals surface area contributed by atoms with Crippen LogP contribution in [0.5, 0.6) is 17.2 Å². The summed E-state index contributed by atoms with van der Waals surface area (Å²) >= 11 is 0. The van der Waals surface area contributed by atoms with Crippen molar-refractivity contribution in [3.05, 3.63) is 71.3 Å². The molecular formula is C27H27O3P. The summed E-state index contributed by atoms with van der Waals surface area (Å²) in [6.45, 7) is 2.37. The lowest BCUT2D eigenvalue weighted by molar-refractivity contribution is 0.290. The number of ether oxygens (including phenoxy) is 3. The SMILES string of the molecule is c1cc2c(c(P(c3cccc4c3OCCC4)c3cccc4c3OCCC4)c1)OCCC2. The lowest BCUT2D eigenvalue weighted by Gasteiger charge is -2.31. The minimum Gasteiger partial charge on any atom is -0.493 e. The molecule has 0 aliphatic carbocycles. The van der Waals surface area contributed by atoms with Crippen LogP contribution in [0, 0.1) is 0 Å². The van der Waals surface area contributed by atoms with Crippen molar-refractivity contribution in [1.29, 1.82) is 0 Å². The van der Waals surface area contributed by atoms with E-state index in [9.17, 15) is 0 Å². The van der Waals surface area contributed by atoms with E-state index in [0.29, 0.717) is 0 Å². The van der Waals surface area contributed by atoms with Crippen LogP contribution < -0.4 is 30.1 Å². The number of rotatable bonds is 3. The van der Waals surface area contributed by atoms with Crippen LogP contribution in [0.15, 0.2) is 54.6 Å². The zero-order chi connectivity index (χ0) is 20.6. The van der Waals surface area contributed by atoms with Crippen molar-refractivity contribution in [3.63, 3.8) is 0 Å². The molecule has 6 rings (SSSR count). The summed E-state index contributed by atoms with van der Waals surface area (Å²) in [5.74, 6) is 3.25. The highest BCUT2D eigenvalue weighted by molar-refractivity contribution is 7.80. The average molecular weight is 430 g/mol. The molecule has 0 unspecified atom stereocenters. The Morgan fingerprint density at radius 3 is 1.19 bits per heavy atom. The minimum absolute atomic E-state index is 0.792. The third-order valence-corrected chi connectivity index (χ3v) is 8.96. The van der Waals surface area contributed by atoms with Crippen molar-refractivity contribution >= 4 is 23.8 Å². The van der Waals surface area contributed by atoms with E-state index in [0.717, 1.165) is 75.6 Å². The average Bonchev–Trinajstić information content (AvgIpc) is 2.85. The predicted octanol–water partition coefficient (Wildman–Crippen LogP) is 4.42. The van der Waals surface area contributed by atoms with Gasteiger partial charge in [0.15, 0.2) is 0 Å². The van der Waals surface area contributed by atoms with E-state index in [-0.39, 0.29) is 0 Å². The number of para-hydroxylation sites is 3. The Kier molecular flexibility index (Phi) is 5.08. The van der Waals surface area contributed by atoms with Crippen molar-refractivity contribution in [2.24, 2.45) is 0 Å². The second kappa shape index (κ2) is 8.20. The molecular weight excluding hydrogens is 403 g/mol. The van der Waals surface area contributed by atoms with E-state index in [1.807, 2.05) is 0 Å². The molecule has 0 spiro atoms. The van der Waals surface area contributed by atoms with E-state index in [1.165, 1.54) is 32.6 Å². The first-order valence-electron chi connectivity index (χ1n) is 11.4. The van der Waals surface area contributed by atoms with Crippen LogP contribution in [0.4, 0.5) is 0 Å². The number of benzene rings is 3. The van der Waals surface area contributed by atoms with Crippen LogP contribution in [0.25, 0.3) is 0 Å². The zero-order valence-corrected chi connectivity index (χ0v) is 18.6. The molecule has 0 N–H and O–H groups in total. The van der Waals surface area contributed by atoms with Crippen molar-refractivity contribution in [2.45, 2.75) is 38.5 Å². The maximum absolute atomic E-state index is 6.30. The molecule has 0 amide bonds. The summed E-state index contributed by atoms with van der Waals surface area (Å²) < 4.78 is 18.9. The highest BCUT2D eigenvalue weighted by Gasteiger charge is 2.31. The van der Waals surface area contributed by atoms with Crippen LogP contribution >= 0.6 is 7.92 Å². The molecule has 3 aromatic carbocycles. The number of hydrogen-bond donors (Lipinski definition) is 0. The summed E-state index contributed by atoms with van der Waals surface area (Å²) in [6.07, 6.45) is 6.50. The van der Waals surface area contributed by atoms with Gasteiger partial charge in [0.05, 0.1) is 19.8 Å². The van der Waals surface area contributed by atoms with Crippen LogP contribution in [0.1, 0.15) is 36.0 Å². The molecule has 3 nitrogen and oxygen atoms in total. The van der Waals surface area contributed by atoms with Crippen molar-refractivity contribution in [2.75, 3.05) is 19.8 Å². The standard InChI is InChI=1S/C27H27O3P/c1-7-19-10-4-16-28-25(19)22(13-1)31(23-14-2-8-20-11-5-17-29-26(20)23)24-15-3-9-21-12-6-18-30-27(21)24/h1-3,7-9,13-15H,4-6,10-12,16-18H2. The normalized spacial score (nSPS) is 16.9. The number of hydrogen-bond acceptors (Lipinski definition) is 3. The Bertz CT molecular complexity index is 982. The predicted molar refractivity (Wildman–Crippen MR) is 127 cm³/mol. The number of fused-ring (bicyclic) bond motifs is 3. The summed E-state index contributed by atoms with van der Waals surface area (Å²) in [7, 11) is -0.865. The Labute approximate surface area is 185 Å². The highest BCUT2D eigenvalue weighted by Crippen LogP contribution is 2.46.